The molecule has 2 aromatic carbocycles. The number of anilines is 2. The summed E-state index contributed by atoms with van der Waals surface area (Å²) in [4.78, 5) is 7.03. The number of aryl methyl sites for hydroxylation is 1. The zero-order chi connectivity index (χ0) is 17.5. The number of aliphatic imine (C=N–C) groups is 1. The van der Waals surface area contributed by atoms with Crippen molar-refractivity contribution < 1.29 is 0 Å². The molecule has 1 aliphatic rings. The van der Waals surface area contributed by atoms with Crippen LogP contribution in [0.1, 0.15) is 37.3 Å². The van der Waals surface area contributed by atoms with Crippen molar-refractivity contribution in [3.8, 4) is 0 Å². The van der Waals surface area contributed by atoms with Gasteiger partial charge in [0.25, 0.3) is 0 Å². The van der Waals surface area contributed by atoms with Crippen LogP contribution < -0.4 is 16.0 Å². The van der Waals surface area contributed by atoms with Crippen LogP contribution in [0.4, 0.5) is 11.4 Å². The summed E-state index contributed by atoms with van der Waals surface area (Å²) in [5.41, 5.74) is 10.9. The number of guanidine groups is 1. The fourth-order valence-corrected chi connectivity index (χ4v) is 3.31. The van der Waals surface area contributed by atoms with E-state index in [1.807, 2.05) is 12.1 Å². The van der Waals surface area contributed by atoms with Crippen LogP contribution in [0.3, 0.4) is 0 Å². The van der Waals surface area contributed by atoms with Gasteiger partial charge >= 0.3 is 0 Å². The number of nitrogens with one attached hydrogen (secondary N) is 1. The van der Waals surface area contributed by atoms with E-state index in [1.54, 1.807) is 0 Å². The van der Waals surface area contributed by atoms with Gasteiger partial charge < -0.3 is 16.0 Å². The molecule has 1 aliphatic heterocycles. The molecule has 1 heterocycles. The Hall–Kier alpha value is -1.76. The second kappa shape index (κ2) is 10.4. The molecule has 0 amide bonds. The topological polar surface area (TPSA) is 53.6 Å². The number of halogens is 1. The Labute approximate surface area is 173 Å². The lowest BCUT2D eigenvalue weighted by Gasteiger charge is -2.30. The maximum atomic E-state index is 6.10. The molecule has 4 nitrogen and oxygen atoms in total. The van der Waals surface area contributed by atoms with E-state index in [9.17, 15) is 0 Å². The highest BCUT2D eigenvalue weighted by molar-refractivity contribution is 14.0. The molecular formula is C21H29IN4. The van der Waals surface area contributed by atoms with Crippen molar-refractivity contribution in [1.29, 1.82) is 0 Å². The third-order valence-electron chi connectivity index (χ3n) is 4.72. The molecule has 0 radical (unpaired) electrons. The standard InChI is InChI=1S/C21H28N4.HI/c1-2-17-9-8-11-19(15-17)24-21(22)23-16-18-10-4-5-12-20(18)25-13-6-3-7-14-25;/h4-5,8-12,15H,2-3,6-7,13-14,16H2,1H3,(H3,22,23,24);1H. The van der Waals surface area contributed by atoms with Crippen molar-refractivity contribution in [3.05, 3.63) is 59.7 Å². The first-order valence-electron chi connectivity index (χ1n) is 9.25. The molecule has 140 valence electrons. The van der Waals surface area contributed by atoms with Crippen LogP contribution >= 0.6 is 24.0 Å². The largest absolute Gasteiger partial charge is 0.371 e. The number of para-hydroxylation sites is 1. The molecule has 2 aromatic rings. The molecule has 26 heavy (non-hydrogen) atoms. The Bertz CT molecular complexity index is 723. The van der Waals surface area contributed by atoms with Crippen LogP contribution in [0, 0.1) is 0 Å². The van der Waals surface area contributed by atoms with E-state index in [1.165, 1.54) is 36.1 Å². The van der Waals surface area contributed by atoms with E-state index in [0.717, 1.165) is 25.2 Å². The maximum Gasteiger partial charge on any atom is 0.193 e. The quantitative estimate of drug-likeness (QED) is 0.380. The van der Waals surface area contributed by atoms with Crippen molar-refractivity contribution in [2.45, 2.75) is 39.2 Å². The van der Waals surface area contributed by atoms with E-state index in [2.05, 4.69) is 58.5 Å². The lowest BCUT2D eigenvalue weighted by Crippen LogP contribution is -2.30. The Kier molecular flexibility index (Phi) is 8.22. The summed E-state index contributed by atoms with van der Waals surface area (Å²) < 4.78 is 0. The summed E-state index contributed by atoms with van der Waals surface area (Å²) in [5.74, 6) is 0.460. The molecule has 0 atom stereocenters. The molecule has 1 saturated heterocycles. The minimum Gasteiger partial charge on any atom is -0.371 e. The Balaban J connectivity index is 0.00000243. The highest BCUT2D eigenvalue weighted by Crippen LogP contribution is 2.24. The first-order valence-corrected chi connectivity index (χ1v) is 9.25. The van der Waals surface area contributed by atoms with Gasteiger partial charge in [-0.15, -0.1) is 24.0 Å². The summed E-state index contributed by atoms with van der Waals surface area (Å²) in [6.07, 6.45) is 4.89. The van der Waals surface area contributed by atoms with Gasteiger partial charge in [0.15, 0.2) is 5.96 Å². The third-order valence-corrected chi connectivity index (χ3v) is 4.72. The smallest absolute Gasteiger partial charge is 0.193 e. The number of nitrogens with zero attached hydrogens (tertiary/aromatic N) is 2. The lowest BCUT2D eigenvalue weighted by atomic mass is 10.1. The van der Waals surface area contributed by atoms with E-state index >= 15 is 0 Å². The average molecular weight is 464 g/mol. The van der Waals surface area contributed by atoms with Gasteiger partial charge in [-0.25, -0.2) is 4.99 Å². The van der Waals surface area contributed by atoms with Gasteiger partial charge in [-0.05, 0) is 55.0 Å². The van der Waals surface area contributed by atoms with Gasteiger partial charge in [0.2, 0.25) is 0 Å². The SMILES string of the molecule is CCc1cccc(NC(N)=NCc2ccccc2N2CCCCC2)c1.I. The first kappa shape index (κ1) is 20.6. The van der Waals surface area contributed by atoms with Gasteiger partial charge in [-0.1, -0.05) is 37.3 Å². The molecule has 5 heteroatoms. The molecule has 0 bridgehead atoms. The van der Waals surface area contributed by atoms with Gasteiger partial charge in [0, 0.05) is 24.5 Å². The minimum absolute atomic E-state index is 0. The molecule has 0 saturated carbocycles. The van der Waals surface area contributed by atoms with E-state index < -0.39 is 0 Å². The monoisotopic (exact) mass is 464 g/mol. The second-order valence-electron chi connectivity index (χ2n) is 6.56. The fraction of sp³-hybridized carbons (Fsp3) is 0.381. The number of rotatable bonds is 5. The van der Waals surface area contributed by atoms with Gasteiger partial charge in [-0.3, -0.25) is 0 Å². The molecule has 0 aliphatic carbocycles. The van der Waals surface area contributed by atoms with Crippen molar-refractivity contribution in [1.82, 2.24) is 0 Å². The van der Waals surface area contributed by atoms with Gasteiger partial charge in [0.05, 0.1) is 6.54 Å². The van der Waals surface area contributed by atoms with Crippen LogP contribution in [0.15, 0.2) is 53.5 Å². The van der Waals surface area contributed by atoms with Crippen molar-refractivity contribution in [2.24, 2.45) is 10.7 Å². The molecular weight excluding hydrogens is 435 g/mol. The summed E-state index contributed by atoms with van der Waals surface area (Å²) in [7, 11) is 0. The van der Waals surface area contributed by atoms with E-state index in [-0.39, 0.29) is 24.0 Å². The Morgan fingerprint density at radius 2 is 1.85 bits per heavy atom. The average Bonchev–Trinajstić information content (AvgIpc) is 2.67. The van der Waals surface area contributed by atoms with E-state index in [4.69, 9.17) is 5.73 Å². The highest BCUT2D eigenvalue weighted by atomic mass is 127. The Morgan fingerprint density at radius 1 is 1.08 bits per heavy atom. The molecule has 0 unspecified atom stereocenters. The van der Waals surface area contributed by atoms with Crippen molar-refractivity contribution in [2.75, 3.05) is 23.3 Å². The van der Waals surface area contributed by atoms with Crippen LogP contribution in [0.5, 0.6) is 0 Å². The molecule has 1 fully saturated rings. The van der Waals surface area contributed by atoms with E-state index in [0.29, 0.717) is 12.5 Å². The summed E-state index contributed by atoms with van der Waals surface area (Å²) in [6.45, 7) is 5.02. The molecule has 3 rings (SSSR count). The second-order valence-corrected chi connectivity index (χ2v) is 6.56. The predicted molar refractivity (Wildman–Crippen MR) is 123 cm³/mol. The van der Waals surface area contributed by atoms with Crippen molar-refractivity contribution in [3.63, 3.8) is 0 Å². The fourth-order valence-electron chi connectivity index (χ4n) is 3.31. The van der Waals surface area contributed by atoms with Crippen LogP contribution in [0.2, 0.25) is 0 Å². The number of benzene rings is 2. The summed E-state index contributed by atoms with van der Waals surface area (Å²) in [6, 6.07) is 16.8. The lowest BCUT2D eigenvalue weighted by molar-refractivity contribution is 0.576. The van der Waals surface area contributed by atoms with Crippen LogP contribution in [-0.2, 0) is 13.0 Å². The maximum absolute atomic E-state index is 6.10. The summed E-state index contributed by atoms with van der Waals surface area (Å²) in [5, 5.41) is 3.20. The number of hydrogen-bond acceptors (Lipinski definition) is 2. The number of piperidine rings is 1. The van der Waals surface area contributed by atoms with Gasteiger partial charge in [-0.2, -0.15) is 0 Å². The molecule has 0 spiro atoms. The Morgan fingerprint density at radius 3 is 2.62 bits per heavy atom. The van der Waals surface area contributed by atoms with Crippen LogP contribution in [0.25, 0.3) is 0 Å². The van der Waals surface area contributed by atoms with Crippen molar-refractivity contribution >= 4 is 41.3 Å². The summed E-state index contributed by atoms with van der Waals surface area (Å²) >= 11 is 0. The zero-order valence-electron chi connectivity index (χ0n) is 15.4. The zero-order valence-corrected chi connectivity index (χ0v) is 17.8. The number of hydrogen-bond donors (Lipinski definition) is 2. The van der Waals surface area contributed by atoms with Gasteiger partial charge in [0.1, 0.15) is 0 Å². The molecule has 3 N–H and O–H groups in total. The normalized spacial score (nSPS) is 14.7. The minimum atomic E-state index is 0. The molecule has 0 aromatic heterocycles. The highest BCUT2D eigenvalue weighted by Gasteiger charge is 2.13. The first-order chi connectivity index (χ1) is 12.3. The third kappa shape index (κ3) is 5.62. The predicted octanol–water partition coefficient (Wildman–Crippen LogP) is 4.78. The van der Waals surface area contributed by atoms with Crippen LogP contribution in [-0.4, -0.2) is 19.0 Å². The number of nitrogens with two attached hydrogens (primary N) is 1.